The Morgan fingerprint density at radius 2 is 1.78 bits per heavy atom. The van der Waals surface area contributed by atoms with Crippen LogP contribution in [0, 0.1) is 0 Å². The molecular formula is C20H24O3. The van der Waals surface area contributed by atoms with Crippen LogP contribution in [0.4, 0.5) is 0 Å². The summed E-state index contributed by atoms with van der Waals surface area (Å²) < 4.78 is 11.5. The molecule has 1 aliphatic rings. The van der Waals surface area contributed by atoms with E-state index in [1.807, 2.05) is 24.3 Å². The molecule has 23 heavy (non-hydrogen) atoms. The molecule has 0 amide bonds. The number of ether oxygens (including phenoxy) is 2. The van der Waals surface area contributed by atoms with Crippen LogP contribution in [0.3, 0.4) is 0 Å². The zero-order valence-corrected chi connectivity index (χ0v) is 13.6. The minimum absolute atomic E-state index is 0.158. The fraction of sp³-hybridized carbons (Fsp3) is 0.400. The van der Waals surface area contributed by atoms with Crippen LogP contribution in [0.25, 0.3) is 0 Å². The van der Waals surface area contributed by atoms with Gasteiger partial charge in [-0.05, 0) is 67.5 Å². The first kappa shape index (κ1) is 15.9. The first-order chi connectivity index (χ1) is 11.2. The predicted molar refractivity (Wildman–Crippen MR) is 90.9 cm³/mol. The SMILES string of the molecule is COc1ccc(CC[C@H]2CCC[C@@H](c3ccc(O)cc3)O2)cc1. The van der Waals surface area contributed by atoms with Crippen LogP contribution in [-0.2, 0) is 11.2 Å². The van der Waals surface area contributed by atoms with Gasteiger partial charge in [0.1, 0.15) is 11.5 Å². The Kier molecular flexibility index (Phi) is 5.19. The van der Waals surface area contributed by atoms with E-state index in [1.54, 1.807) is 19.2 Å². The quantitative estimate of drug-likeness (QED) is 0.874. The molecule has 1 N–H and O–H groups in total. The van der Waals surface area contributed by atoms with Crippen molar-refractivity contribution in [2.24, 2.45) is 0 Å². The maximum atomic E-state index is 9.40. The fourth-order valence-corrected chi connectivity index (χ4v) is 3.17. The number of phenols is 1. The van der Waals surface area contributed by atoms with E-state index >= 15 is 0 Å². The highest BCUT2D eigenvalue weighted by Gasteiger charge is 2.23. The van der Waals surface area contributed by atoms with Crippen LogP contribution in [0.2, 0.25) is 0 Å². The maximum Gasteiger partial charge on any atom is 0.118 e. The highest BCUT2D eigenvalue weighted by Crippen LogP contribution is 2.33. The second-order valence-electron chi connectivity index (χ2n) is 6.16. The lowest BCUT2D eigenvalue weighted by atomic mass is 9.95. The molecule has 122 valence electrons. The molecule has 0 spiro atoms. The average Bonchev–Trinajstić information content (AvgIpc) is 2.61. The van der Waals surface area contributed by atoms with Gasteiger partial charge >= 0.3 is 0 Å². The van der Waals surface area contributed by atoms with Gasteiger partial charge in [-0.2, -0.15) is 0 Å². The number of benzene rings is 2. The second kappa shape index (κ2) is 7.51. The molecule has 3 heteroatoms. The Labute approximate surface area is 137 Å². The Bertz CT molecular complexity index is 604. The Hall–Kier alpha value is -2.00. The van der Waals surface area contributed by atoms with Crippen LogP contribution in [0.15, 0.2) is 48.5 Å². The average molecular weight is 312 g/mol. The smallest absolute Gasteiger partial charge is 0.118 e. The maximum absolute atomic E-state index is 9.40. The molecule has 0 saturated carbocycles. The van der Waals surface area contributed by atoms with Crippen LogP contribution < -0.4 is 4.74 Å². The first-order valence-corrected chi connectivity index (χ1v) is 8.32. The Morgan fingerprint density at radius 3 is 2.48 bits per heavy atom. The van der Waals surface area contributed by atoms with Gasteiger partial charge in [0.15, 0.2) is 0 Å². The molecule has 0 aromatic heterocycles. The number of phenolic OH excluding ortho intramolecular Hbond substituents is 1. The summed E-state index contributed by atoms with van der Waals surface area (Å²) in [6.07, 6.45) is 5.92. The summed E-state index contributed by atoms with van der Waals surface area (Å²) in [7, 11) is 1.69. The summed E-state index contributed by atoms with van der Waals surface area (Å²) in [4.78, 5) is 0. The monoisotopic (exact) mass is 312 g/mol. The van der Waals surface area contributed by atoms with E-state index in [9.17, 15) is 5.11 Å². The van der Waals surface area contributed by atoms with Gasteiger partial charge in [0.25, 0.3) is 0 Å². The molecule has 1 saturated heterocycles. The van der Waals surface area contributed by atoms with Crippen molar-refractivity contribution in [1.82, 2.24) is 0 Å². The lowest BCUT2D eigenvalue weighted by Gasteiger charge is -2.30. The van der Waals surface area contributed by atoms with Crippen molar-refractivity contribution < 1.29 is 14.6 Å². The molecule has 1 heterocycles. The summed E-state index contributed by atoms with van der Waals surface area (Å²) in [5.41, 5.74) is 2.48. The van der Waals surface area contributed by atoms with E-state index < -0.39 is 0 Å². The van der Waals surface area contributed by atoms with Crippen LogP contribution in [0.5, 0.6) is 11.5 Å². The van der Waals surface area contributed by atoms with E-state index in [4.69, 9.17) is 9.47 Å². The minimum Gasteiger partial charge on any atom is -0.508 e. The van der Waals surface area contributed by atoms with Crippen LogP contribution in [0.1, 0.15) is 42.9 Å². The first-order valence-electron chi connectivity index (χ1n) is 8.32. The number of hydrogen-bond acceptors (Lipinski definition) is 3. The van der Waals surface area contributed by atoms with E-state index in [-0.39, 0.29) is 6.10 Å². The largest absolute Gasteiger partial charge is 0.508 e. The van der Waals surface area contributed by atoms with Crippen molar-refractivity contribution >= 4 is 0 Å². The van der Waals surface area contributed by atoms with Crippen molar-refractivity contribution in [3.63, 3.8) is 0 Å². The molecule has 0 unspecified atom stereocenters. The summed E-state index contributed by atoms with van der Waals surface area (Å²) in [5.74, 6) is 1.20. The van der Waals surface area contributed by atoms with Crippen molar-refractivity contribution in [1.29, 1.82) is 0 Å². The number of methoxy groups -OCH3 is 1. The van der Waals surface area contributed by atoms with Gasteiger partial charge in [-0.25, -0.2) is 0 Å². The number of aromatic hydroxyl groups is 1. The lowest BCUT2D eigenvalue weighted by Crippen LogP contribution is -2.23. The molecule has 1 fully saturated rings. The second-order valence-corrected chi connectivity index (χ2v) is 6.16. The van der Waals surface area contributed by atoms with Crippen molar-refractivity contribution in [3.05, 3.63) is 59.7 Å². The zero-order chi connectivity index (χ0) is 16.1. The molecular weight excluding hydrogens is 288 g/mol. The minimum atomic E-state index is 0.158. The van der Waals surface area contributed by atoms with Crippen molar-refractivity contribution in [2.45, 2.75) is 44.3 Å². The van der Waals surface area contributed by atoms with Gasteiger partial charge in [0.05, 0.1) is 19.3 Å². The Morgan fingerprint density at radius 1 is 1.04 bits per heavy atom. The molecule has 0 radical (unpaired) electrons. The zero-order valence-electron chi connectivity index (χ0n) is 13.6. The fourth-order valence-electron chi connectivity index (χ4n) is 3.17. The van der Waals surface area contributed by atoms with Gasteiger partial charge in [0, 0.05) is 0 Å². The van der Waals surface area contributed by atoms with Gasteiger partial charge in [-0.15, -0.1) is 0 Å². The third kappa shape index (κ3) is 4.26. The molecule has 3 nitrogen and oxygen atoms in total. The summed E-state index contributed by atoms with van der Waals surface area (Å²) in [6.45, 7) is 0. The standard InChI is InChI=1S/C20H24O3/c1-22-18-12-5-15(6-13-18)7-14-19-3-2-4-20(23-19)16-8-10-17(21)11-9-16/h5-6,8-13,19-21H,2-4,7,14H2,1H3/t19-,20+/m1/s1. The van der Waals surface area contributed by atoms with Gasteiger partial charge < -0.3 is 14.6 Å². The molecule has 0 aliphatic carbocycles. The summed E-state index contributed by atoms with van der Waals surface area (Å²) in [6, 6.07) is 15.7. The van der Waals surface area contributed by atoms with Gasteiger partial charge in [-0.1, -0.05) is 24.3 Å². The number of hydrogen-bond donors (Lipinski definition) is 1. The van der Waals surface area contributed by atoms with Gasteiger partial charge in [-0.3, -0.25) is 0 Å². The molecule has 2 aromatic carbocycles. The lowest BCUT2D eigenvalue weighted by molar-refractivity contribution is -0.0546. The molecule has 2 aromatic rings. The van der Waals surface area contributed by atoms with E-state index in [2.05, 4.69) is 12.1 Å². The van der Waals surface area contributed by atoms with E-state index in [1.165, 1.54) is 12.0 Å². The molecule has 1 aliphatic heterocycles. The highest BCUT2D eigenvalue weighted by atomic mass is 16.5. The number of aryl methyl sites for hydroxylation is 1. The highest BCUT2D eigenvalue weighted by molar-refractivity contribution is 5.28. The Balaban J connectivity index is 1.54. The third-order valence-electron chi connectivity index (χ3n) is 4.53. The normalized spacial score (nSPS) is 21.1. The molecule has 2 atom stereocenters. The van der Waals surface area contributed by atoms with Crippen LogP contribution >= 0.6 is 0 Å². The predicted octanol–water partition coefficient (Wildman–Crippen LogP) is 4.64. The topological polar surface area (TPSA) is 38.7 Å². The molecule has 3 rings (SSSR count). The molecule has 0 bridgehead atoms. The van der Waals surface area contributed by atoms with Crippen molar-refractivity contribution in [3.8, 4) is 11.5 Å². The summed E-state index contributed by atoms with van der Waals surface area (Å²) in [5, 5.41) is 9.40. The summed E-state index contributed by atoms with van der Waals surface area (Å²) >= 11 is 0. The van der Waals surface area contributed by atoms with E-state index in [0.717, 1.165) is 37.0 Å². The van der Waals surface area contributed by atoms with Gasteiger partial charge in [0.2, 0.25) is 0 Å². The number of rotatable bonds is 5. The third-order valence-corrected chi connectivity index (χ3v) is 4.53. The van der Waals surface area contributed by atoms with Crippen LogP contribution in [-0.4, -0.2) is 18.3 Å². The van der Waals surface area contributed by atoms with Crippen molar-refractivity contribution in [2.75, 3.05) is 7.11 Å². The van der Waals surface area contributed by atoms with E-state index in [0.29, 0.717) is 11.9 Å².